The van der Waals surface area contributed by atoms with Crippen molar-refractivity contribution >= 4 is 11.5 Å². The van der Waals surface area contributed by atoms with E-state index in [4.69, 9.17) is 0 Å². The van der Waals surface area contributed by atoms with Gasteiger partial charge in [-0.25, -0.2) is 0 Å². The minimum atomic E-state index is -0.450. The molecule has 0 spiro atoms. The molecule has 1 aliphatic heterocycles. The van der Waals surface area contributed by atoms with E-state index in [9.17, 15) is 14.9 Å². The highest BCUT2D eigenvalue weighted by molar-refractivity contribution is 5.97. The maximum Gasteiger partial charge on any atom is 0.269 e. The number of nitro benzene ring substituents is 1. The van der Waals surface area contributed by atoms with Crippen molar-refractivity contribution in [2.75, 3.05) is 19.6 Å². The van der Waals surface area contributed by atoms with Crippen LogP contribution in [0.25, 0.3) is 0 Å². The Balaban J connectivity index is 1.93. The van der Waals surface area contributed by atoms with E-state index in [2.05, 4.69) is 11.8 Å². The molecule has 0 amide bonds. The quantitative estimate of drug-likeness (QED) is 0.474. The molecular weight excluding hydrogens is 268 g/mol. The number of hydrogen-bond acceptors (Lipinski definition) is 4. The smallest absolute Gasteiger partial charge is 0.269 e. The van der Waals surface area contributed by atoms with Gasteiger partial charge in [0.1, 0.15) is 0 Å². The van der Waals surface area contributed by atoms with Crippen LogP contribution in [0.1, 0.15) is 43.0 Å². The second kappa shape index (κ2) is 7.31. The Morgan fingerprint density at radius 2 is 2.00 bits per heavy atom. The average molecular weight is 290 g/mol. The predicted molar refractivity (Wildman–Crippen MR) is 81.5 cm³/mol. The van der Waals surface area contributed by atoms with E-state index >= 15 is 0 Å². The molecule has 1 atom stereocenters. The highest BCUT2D eigenvalue weighted by Crippen LogP contribution is 2.20. The van der Waals surface area contributed by atoms with E-state index in [0.717, 1.165) is 31.8 Å². The summed E-state index contributed by atoms with van der Waals surface area (Å²) in [5.41, 5.74) is 0.573. The summed E-state index contributed by atoms with van der Waals surface area (Å²) in [5, 5.41) is 10.6. The first-order valence-corrected chi connectivity index (χ1v) is 7.60. The molecule has 114 valence electrons. The van der Waals surface area contributed by atoms with E-state index in [1.807, 2.05) is 0 Å². The van der Waals surface area contributed by atoms with Gasteiger partial charge in [-0.05, 0) is 50.4 Å². The molecule has 1 fully saturated rings. The first kappa shape index (κ1) is 15.6. The number of carbonyl (C=O) groups is 1. The van der Waals surface area contributed by atoms with Crippen molar-refractivity contribution in [3.8, 4) is 0 Å². The lowest BCUT2D eigenvalue weighted by Crippen LogP contribution is -2.31. The number of nitrogens with zero attached hydrogens (tertiary/aromatic N) is 2. The summed E-state index contributed by atoms with van der Waals surface area (Å²) < 4.78 is 0. The summed E-state index contributed by atoms with van der Waals surface area (Å²) in [5.74, 6) is 0.823. The Labute approximate surface area is 125 Å². The van der Waals surface area contributed by atoms with E-state index < -0.39 is 4.92 Å². The second-order valence-electron chi connectivity index (χ2n) is 5.71. The number of likely N-dealkylation sites (tertiary alicyclic amines) is 1. The molecule has 0 radical (unpaired) electrons. The Bertz CT molecular complexity index is 499. The molecule has 1 aromatic carbocycles. The van der Waals surface area contributed by atoms with Crippen molar-refractivity contribution in [1.29, 1.82) is 0 Å². The number of hydrogen-bond donors (Lipinski definition) is 0. The zero-order valence-corrected chi connectivity index (χ0v) is 12.5. The lowest BCUT2D eigenvalue weighted by Gasteiger charge is -2.19. The molecule has 21 heavy (non-hydrogen) atoms. The summed E-state index contributed by atoms with van der Waals surface area (Å²) in [7, 11) is 0. The molecule has 5 heteroatoms. The van der Waals surface area contributed by atoms with Gasteiger partial charge in [0, 0.05) is 17.7 Å². The van der Waals surface area contributed by atoms with Crippen molar-refractivity contribution in [3.63, 3.8) is 0 Å². The van der Waals surface area contributed by atoms with Crippen LogP contribution in [0.5, 0.6) is 0 Å². The standard InChI is InChI=1S/C16H22N2O3/c1-2-13-4-3-10-17(11-9-13)12-16(19)14-5-7-15(8-6-14)18(20)21/h5-8,13H,2-4,9-12H2,1H3. The van der Waals surface area contributed by atoms with Crippen LogP contribution < -0.4 is 0 Å². The molecule has 2 rings (SSSR count). The molecule has 1 aromatic rings. The first-order valence-electron chi connectivity index (χ1n) is 7.60. The average Bonchev–Trinajstić information content (AvgIpc) is 2.72. The Morgan fingerprint density at radius 1 is 1.29 bits per heavy atom. The van der Waals surface area contributed by atoms with Gasteiger partial charge in [0.2, 0.25) is 0 Å². The van der Waals surface area contributed by atoms with Gasteiger partial charge in [-0.2, -0.15) is 0 Å². The molecule has 0 saturated carbocycles. The van der Waals surface area contributed by atoms with Gasteiger partial charge in [0.05, 0.1) is 11.5 Å². The van der Waals surface area contributed by atoms with Crippen LogP contribution in [-0.4, -0.2) is 35.2 Å². The second-order valence-corrected chi connectivity index (χ2v) is 5.71. The molecule has 1 saturated heterocycles. The number of non-ortho nitro benzene ring substituents is 1. The maximum absolute atomic E-state index is 12.2. The third-order valence-corrected chi connectivity index (χ3v) is 4.28. The summed E-state index contributed by atoms with van der Waals surface area (Å²) in [6, 6.07) is 5.88. The van der Waals surface area contributed by atoms with Crippen LogP contribution >= 0.6 is 0 Å². The summed E-state index contributed by atoms with van der Waals surface area (Å²) in [6.45, 7) is 4.57. The van der Waals surface area contributed by atoms with Gasteiger partial charge in [0.25, 0.3) is 5.69 Å². The van der Waals surface area contributed by atoms with E-state index in [-0.39, 0.29) is 11.5 Å². The molecule has 0 bridgehead atoms. The predicted octanol–water partition coefficient (Wildman–Crippen LogP) is 3.29. The van der Waals surface area contributed by atoms with Gasteiger partial charge < -0.3 is 0 Å². The maximum atomic E-state index is 12.2. The summed E-state index contributed by atoms with van der Waals surface area (Å²) in [4.78, 5) is 24.6. The van der Waals surface area contributed by atoms with Crippen LogP contribution in [0.15, 0.2) is 24.3 Å². The number of ketones is 1. The minimum absolute atomic E-state index is 0.0205. The van der Waals surface area contributed by atoms with Crippen LogP contribution in [0, 0.1) is 16.0 Å². The number of carbonyl (C=O) groups excluding carboxylic acids is 1. The monoisotopic (exact) mass is 290 g/mol. The molecule has 0 N–H and O–H groups in total. The van der Waals surface area contributed by atoms with Crippen molar-refractivity contribution in [3.05, 3.63) is 39.9 Å². The molecule has 1 heterocycles. The third kappa shape index (κ3) is 4.36. The highest BCUT2D eigenvalue weighted by atomic mass is 16.6. The lowest BCUT2D eigenvalue weighted by molar-refractivity contribution is -0.384. The van der Waals surface area contributed by atoms with E-state index in [1.165, 1.54) is 25.0 Å². The number of benzene rings is 1. The number of nitro groups is 1. The van der Waals surface area contributed by atoms with Crippen LogP contribution in [-0.2, 0) is 0 Å². The molecule has 0 aromatic heterocycles. The Hall–Kier alpha value is -1.75. The van der Waals surface area contributed by atoms with Gasteiger partial charge in [-0.1, -0.05) is 13.3 Å². The molecule has 1 unspecified atom stereocenters. The van der Waals surface area contributed by atoms with Crippen LogP contribution in [0.3, 0.4) is 0 Å². The van der Waals surface area contributed by atoms with Gasteiger partial charge in [-0.15, -0.1) is 0 Å². The largest absolute Gasteiger partial charge is 0.296 e. The molecule has 1 aliphatic rings. The molecule has 5 nitrogen and oxygen atoms in total. The minimum Gasteiger partial charge on any atom is -0.296 e. The van der Waals surface area contributed by atoms with Gasteiger partial charge in [0.15, 0.2) is 5.78 Å². The summed E-state index contributed by atoms with van der Waals surface area (Å²) >= 11 is 0. The first-order chi connectivity index (χ1) is 10.1. The summed E-state index contributed by atoms with van der Waals surface area (Å²) in [6.07, 6.45) is 4.76. The molecule has 0 aliphatic carbocycles. The van der Waals surface area contributed by atoms with Crippen molar-refractivity contribution < 1.29 is 9.72 Å². The SMILES string of the molecule is CCC1CCCN(CC(=O)c2ccc([N+](=O)[O-])cc2)CC1. The third-order valence-electron chi connectivity index (χ3n) is 4.28. The topological polar surface area (TPSA) is 63.5 Å². The fourth-order valence-electron chi connectivity index (χ4n) is 2.85. The van der Waals surface area contributed by atoms with Crippen molar-refractivity contribution in [2.45, 2.75) is 32.6 Å². The Morgan fingerprint density at radius 3 is 2.62 bits per heavy atom. The van der Waals surface area contributed by atoms with Gasteiger partial charge >= 0.3 is 0 Å². The lowest BCUT2D eigenvalue weighted by atomic mass is 9.98. The van der Waals surface area contributed by atoms with E-state index in [1.54, 1.807) is 12.1 Å². The van der Waals surface area contributed by atoms with E-state index in [0.29, 0.717) is 12.1 Å². The van der Waals surface area contributed by atoms with Crippen LogP contribution in [0.4, 0.5) is 5.69 Å². The fourth-order valence-corrected chi connectivity index (χ4v) is 2.85. The number of rotatable bonds is 5. The normalized spacial score (nSPS) is 20.0. The zero-order chi connectivity index (χ0) is 15.2. The van der Waals surface area contributed by atoms with Gasteiger partial charge in [-0.3, -0.25) is 19.8 Å². The van der Waals surface area contributed by atoms with Crippen molar-refractivity contribution in [2.24, 2.45) is 5.92 Å². The fraction of sp³-hybridized carbons (Fsp3) is 0.562. The Kier molecular flexibility index (Phi) is 5.44. The number of Topliss-reactive ketones (excluding diaryl/α,β-unsaturated/α-hetero) is 1. The molecular formula is C16H22N2O3. The zero-order valence-electron chi connectivity index (χ0n) is 12.5. The van der Waals surface area contributed by atoms with Crippen molar-refractivity contribution in [1.82, 2.24) is 4.90 Å². The van der Waals surface area contributed by atoms with Crippen LogP contribution in [0.2, 0.25) is 0 Å². The highest BCUT2D eigenvalue weighted by Gasteiger charge is 2.18.